The van der Waals surface area contributed by atoms with Crippen LogP contribution in [0.2, 0.25) is 0 Å². The first-order valence-corrected chi connectivity index (χ1v) is 5.27. The van der Waals surface area contributed by atoms with Crippen LogP contribution in [-0.4, -0.2) is 15.9 Å². The number of hydrogen-bond donors (Lipinski definition) is 1. The van der Waals surface area contributed by atoms with Crippen LogP contribution in [0.3, 0.4) is 0 Å². The molecule has 0 saturated heterocycles. The van der Waals surface area contributed by atoms with Gasteiger partial charge in [0, 0.05) is 18.8 Å². The summed E-state index contributed by atoms with van der Waals surface area (Å²) < 4.78 is 0. The fourth-order valence-electron chi connectivity index (χ4n) is 1.91. The van der Waals surface area contributed by atoms with E-state index >= 15 is 0 Å². The van der Waals surface area contributed by atoms with Crippen molar-refractivity contribution in [3.05, 3.63) is 17.5 Å². The topological polar surface area (TPSA) is 54.9 Å². The molecule has 1 N–H and O–H groups in total. The van der Waals surface area contributed by atoms with Crippen molar-refractivity contribution in [2.45, 2.75) is 33.1 Å². The van der Waals surface area contributed by atoms with Crippen LogP contribution in [0.15, 0.2) is 6.20 Å². The highest BCUT2D eigenvalue weighted by molar-refractivity contribution is 5.86. The highest BCUT2D eigenvalue weighted by Gasteiger charge is 2.17. The largest absolute Gasteiger partial charge is 0.295 e. The molecule has 0 radical (unpaired) electrons. The molecule has 1 atom stereocenters. The zero-order valence-corrected chi connectivity index (χ0v) is 9.08. The summed E-state index contributed by atoms with van der Waals surface area (Å²) in [5.41, 5.74) is 2.31. The van der Waals surface area contributed by atoms with E-state index < -0.39 is 0 Å². The number of fused-ring (bicyclic) bond motifs is 1. The zero-order valence-electron chi connectivity index (χ0n) is 9.08. The Morgan fingerprint density at radius 3 is 3.13 bits per heavy atom. The van der Waals surface area contributed by atoms with Crippen LogP contribution in [0.4, 0.5) is 5.95 Å². The first kappa shape index (κ1) is 10.1. The number of rotatable bonds is 1. The molecule has 4 nitrogen and oxygen atoms in total. The van der Waals surface area contributed by atoms with Gasteiger partial charge in [-0.25, -0.2) is 9.97 Å². The SMILES string of the molecule is CC(=O)Nc1ncc2c(n1)CCC(C)C2. The lowest BCUT2D eigenvalue weighted by Crippen LogP contribution is -2.16. The van der Waals surface area contributed by atoms with Crippen LogP contribution in [0.25, 0.3) is 0 Å². The Hall–Kier alpha value is -1.45. The van der Waals surface area contributed by atoms with Crippen molar-refractivity contribution in [2.24, 2.45) is 5.92 Å². The summed E-state index contributed by atoms with van der Waals surface area (Å²) in [7, 11) is 0. The lowest BCUT2D eigenvalue weighted by molar-refractivity contribution is -0.114. The fourth-order valence-corrected chi connectivity index (χ4v) is 1.91. The predicted octanol–water partition coefficient (Wildman–Crippen LogP) is 1.56. The maximum Gasteiger partial charge on any atom is 0.229 e. The van der Waals surface area contributed by atoms with Gasteiger partial charge in [-0.1, -0.05) is 6.92 Å². The van der Waals surface area contributed by atoms with E-state index in [1.54, 1.807) is 0 Å². The third-order valence-corrected chi connectivity index (χ3v) is 2.68. The molecule has 2 rings (SSSR count). The number of aromatic nitrogens is 2. The van der Waals surface area contributed by atoms with E-state index in [-0.39, 0.29) is 5.91 Å². The van der Waals surface area contributed by atoms with Crippen molar-refractivity contribution >= 4 is 11.9 Å². The molecular weight excluding hydrogens is 190 g/mol. The molecule has 15 heavy (non-hydrogen) atoms. The third-order valence-electron chi connectivity index (χ3n) is 2.68. The average molecular weight is 205 g/mol. The molecular formula is C11H15N3O. The molecule has 4 heteroatoms. The van der Waals surface area contributed by atoms with Crippen LogP contribution >= 0.6 is 0 Å². The van der Waals surface area contributed by atoms with Gasteiger partial charge in [0.1, 0.15) is 0 Å². The molecule has 1 aromatic heterocycles. The van der Waals surface area contributed by atoms with E-state index in [4.69, 9.17) is 0 Å². The van der Waals surface area contributed by atoms with Crippen molar-refractivity contribution in [3.8, 4) is 0 Å². The van der Waals surface area contributed by atoms with Crippen molar-refractivity contribution in [1.29, 1.82) is 0 Å². The molecule has 0 aliphatic heterocycles. The van der Waals surface area contributed by atoms with Crippen molar-refractivity contribution in [1.82, 2.24) is 9.97 Å². The van der Waals surface area contributed by atoms with Crippen molar-refractivity contribution in [2.75, 3.05) is 5.32 Å². The Kier molecular flexibility index (Phi) is 2.66. The van der Waals surface area contributed by atoms with Gasteiger partial charge in [0.2, 0.25) is 11.9 Å². The second-order valence-corrected chi connectivity index (χ2v) is 4.19. The molecule has 0 fully saturated rings. The molecule has 1 unspecified atom stereocenters. The minimum absolute atomic E-state index is 0.126. The van der Waals surface area contributed by atoms with Gasteiger partial charge in [-0.3, -0.25) is 10.1 Å². The number of amides is 1. The average Bonchev–Trinajstić information content (AvgIpc) is 2.17. The van der Waals surface area contributed by atoms with Crippen LogP contribution in [-0.2, 0) is 17.6 Å². The van der Waals surface area contributed by atoms with E-state index in [0.29, 0.717) is 11.9 Å². The smallest absolute Gasteiger partial charge is 0.229 e. The maximum absolute atomic E-state index is 10.8. The Balaban J connectivity index is 2.23. The predicted molar refractivity (Wildman–Crippen MR) is 57.5 cm³/mol. The van der Waals surface area contributed by atoms with Crippen molar-refractivity contribution < 1.29 is 4.79 Å². The summed E-state index contributed by atoms with van der Waals surface area (Å²) >= 11 is 0. The third kappa shape index (κ3) is 2.32. The quantitative estimate of drug-likeness (QED) is 0.757. The summed E-state index contributed by atoms with van der Waals surface area (Å²) in [5, 5.41) is 2.60. The highest BCUT2D eigenvalue weighted by Crippen LogP contribution is 2.23. The lowest BCUT2D eigenvalue weighted by Gasteiger charge is -2.20. The molecule has 1 amide bonds. The van der Waals surface area contributed by atoms with Gasteiger partial charge in [0.05, 0.1) is 0 Å². The van der Waals surface area contributed by atoms with Gasteiger partial charge >= 0.3 is 0 Å². The molecule has 80 valence electrons. The summed E-state index contributed by atoms with van der Waals surface area (Å²) in [6.07, 6.45) is 5.05. The van der Waals surface area contributed by atoms with E-state index in [2.05, 4.69) is 22.2 Å². The van der Waals surface area contributed by atoms with Crippen LogP contribution in [0, 0.1) is 5.92 Å². The summed E-state index contributed by atoms with van der Waals surface area (Å²) in [6.45, 7) is 3.70. The Morgan fingerprint density at radius 1 is 1.60 bits per heavy atom. The van der Waals surface area contributed by atoms with E-state index in [1.807, 2.05) is 6.20 Å². The molecule has 0 aromatic carbocycles. The van der Waals surface area contributed by atoms with Gasteiger partial charge in [0.15, 0.2) is 0 Å². The summed E-state index contributed by atoms with van der Waals surface area (Å²) in [4.78, 5) is 19.3. The van der Waals surface area contributed by atoms with Gasteiger partial charge in [-0.2, -0.15) is 0 Å². The first-order chi connectivity index (χ1) is 7.15. The van der Waals surface area contributed by atoms with Crippen LogP contribution in [0.1, 0.15) is 31.5 Å². The lowest BCUT2D eigenvalue weighted by atomic mass is 9.89. The standard InChI is InChI=1S/C11H15N3O/c1-7-3-4-10-9(5-7)6-12-11(14-10)13-8(2)15/h6-7H,3-5H2,1-2H3,(H,12,13,14,15). The molecule has 1 heterocycles. The number of anilines is 1. The number of nitrogens with one attached hydrogen (secondary N) is 1. The molecule has 0 spiro atoms. The van der Waals surface area contributed by atoms with Gasteiger partial charge in [-0.15, -0.1) is 0 Å². The van der Waals surface area contributed by atoms with Gasteiger partial charge in [-0.05, 0) is 30.7 Å². The van der Waals surface area contributed by atoms with Gasteiger partial charge in [0.25, 0.3) is 0 Å². The number of aryl methyl sites for hydroxylation is 1. The Bertz CT molecular complexity index is 389. The highest BCUT2D eigenvalue weighted by atomic mass is 16.1. The summed E-state index contributed by atoms with van der Waals surface area (Å²) in [5.74, 6) is 1.02. The minimum Gasteiger partial charge on any atom is -0.295 e. The summed E-state index contributed by atoms with van der Waals surface area (Å²) in [6, 6.07) is 0. The normalized spacial score (nSPS) is 19.5. The van der Waals surface area contributed by atoms with E-state index in [9.17, 15) is 4.79 Å². The molecule has 0 saturated carbocycles. The molecule has 1 aliphatic carbocycles. The fraction of sp³-hybridized carbons (Fsp3) is 0.545. The number of carbonyl (C=O) groups excluding carboxylic acids is 1. The maximum atomic E-state index is 10.8. The monoisotopic (exact) mass is 205 g/mol. The Morgan fingerprint density at radius 2 is 2.40 bits per heavy atom. The second kappa shape index (κ2) is 3.96. The second-order valence-electron chi connectivity index (χ2n) is 4.19. The van der Waals surface area contributed by atoms with Gasteiger partial charge < -0.3 is 0 Å². The Labute approximate surface area is 89.1 Å². The first-order valence-electron chi connectivity index (χ1n) is 5.27. The van der Waals surface area contributed by atoms with Crippen LogP contribution in [0.5, 0.6) is 0 Å². The van der Waals surface area contributed by atoms with E-state index in [0.717, 1.165) is 18.5 Å². The molecule has 0 bridgehead atoms. The number of carbonyl (C=O) groups is 1. The number of nitrogens with zero attached hydrogens (tertiary/aromatic N) is 2. The van der Waals surface area contributed by atoms with E-state index in [1.165, 1.54) is 18.9 Å². The minimum atomic E-state index is -0.126. The molecule has 1 aromatic rings. The zero-order chi connectivity index (χ0) is 10.8. The van der Waals surface area contributed by atoms with Crippen LogP contribution < -0.4 is 5.32 Å². The number of hydrogen-bond acceptors (Lipinski definition) is 3. The molecule has 1 aliphatic rings. The van der Waals surface area contributed by atoms with Crippen molar-refractivity contribution in [3.63, 3.8) is 0 Å².